The van der Waals surface area contributed by atoms with E-state index in [4.69, 9.17) is 0 Å². The van der Waals surface area contributed by atoms with Crippen molar-refractivity contribution in [1.29, 1.82) is 0 Å². The number of thiophene rings is 1. The number of nitrogens with one attached hydrogen (secondary N) is 1. The van der Waals surface area contributed by atoms with E-state index in [9.17, 15) is 4.79 Å². The standard InChI is InChI=1S/C12H19N3OS/c1-14(2)6-4-7-15-11(16)9-13-12(15)10-5-3-8-17-10/h3,5,8,12-13H,4,6-7,9H2,1-2H3. The first kappa shape index (κ1) is 12.5. The summed E-state index contributed by atoms with van der Waals surface area (Å²) in [6, 6.07) is 4.11. The maximum Gasteiger partial charge on any atom is 0.238 e. The summed E-state index contributed by atoms with van der Waals surface area (Å²) in [4.78, 5) is 17.1. The molecule has 4 nitrogen and oxygen atoms in total. The van der Waals surface area contributed by atoms with Crippen LogP contribution in [-0.2, 0) is 4.79 Å². The van der Waals surface area contributed by atoms with Crippen LogP contribution >= 0.6 is 11.3 Å². The van der Waals surface area contributed by atoms with Crippen LogP contribution in [0, 0.1) is 0 Å². The predicted octanol–water partition coefficient (Wildman–Crippen LogP) is 1.13. The molecule has 2 rings (SSSR count). The van der Waals surface area contributed by atoms with E-state index in [0.29, 0.717) is 6.54 Å². The second kappa shape index (κ2) is 5.62. The predicted molar refractivity (Wildman–Crippen MR) is 69.9 cm³/mol. The van der Waals surface area contributed by atoms with E-state index in [1.165, 1.54) is 4.88 Å². The molecule has 0 radical (unpaired) electrons. The van der Waals surface area contributed by atoms with Crippen LogP contribution in [0.4, 0.5) is 0 Å². The van der Waals surface area contributed by atoms with Crippen molar-refractivity contribution in [2.24, 2.45) is 0 Å². The summed E-state index contributed by atoms with van der Waals surface area (Å²) in [6.45, 7) is 2.30. The van der Waals surface area contributed by atoms with Gasteiger partial charge in [-0.1, -0.05) is 6.07 Å². The molecule has 0 aliphatic carbocycles. The summed E-state index contributed by atoms with van der Waals surface area (Å²) in [5.74, 6) is 0.210. The molecule has 0 spiro atoms. The van der Waals surface area contributed by atoms with Gasteiger partial charge in [0.2, 0.25) is 5.91 Å². The van der Waals surface area contributed by atoms with Crippen molar-refractivity contribution >= 4 is 17.2 Å². The lowest BCUT2D eigenvalue weighted by atomic mass is 10.3. The molecule has 2 heterocycles. The van der Waals surface area contributed by atoms with Gasteiger partial charge < -0.3 is 9.80 Å². The van der Waals surface area contributed by atoms with E-state index in [0.717, 1.165) is 19.5 Å². The Hall–Kier alpha value is -0.910. The largest absolute Gasteiger partial charge is 0.321 e. The first-order valence-corrected chi connectivity index (χ1v) is 6.77. The Morgan fingerprint density at radius 3 is 3.06 bits per heavy atom. The van der Waals surface area contributed by atoms with Gasteiger partial charge in [0.1, 0.15) is 6.17 Å². The van der Waals surface area contributed by atoms with Crippen molar-refractivity contribution in [3.63, 3.8) is 0 Å². The molecule has 1 aromatic heterocycles. The van der Waals surface area contributed by atoms with E-state index >= 15 is 0 Å². The van der Waals surface area contributed by atoms with Crippen molar-refractivity contribution in [3.05, 3.63) is 22.4 Å². The van der Waals surface area contributed by atoms with Gasteiger partial charge in [0, 0.05) is 11.4 Å². The molecule has 1 atom stereocenters. The topological polar surface area (TPSA) is 35.6 Å². The highest BCUT2D eigenvalue weighted by Crippen LogP contribution is 2.26. The zero-order valence-corrected chi connectivity index (χ0v) is 11.2. The molecule has 1 fully saturated rings. The minimum atomic E-state index is 0.0877. The summed E-state index contributed by atoms with van der Waals surface area (Å²) < 4.78 is 0. The van der Waals surface area contributed by atoms with Gasteiger partial charge >= 0.3 is 0 Å². The van der Waals surface area contributed by atoms with Gasteiger partial charge in [-0.05, 0) is 38.5 Å². The van der Waals surface area contributed by atoms with E-state index in [-0.39, 0.29) is 12.1 Å². The highest BCUT2D eigenvalue weighted by molar-refractivity contribution is 7.10. The van der Waals surface area contributed by atoms with Crippen molar-refractivity contribution < 1.29 is 4.79 Å². The molecule has 1 aliphatic rings. The Bertz CT molecular complexity index is 364. The summed E-state index contributed by atoms with van der Waals surface area (Å²) in [7, 11) is 4.11. The summed E-state index contributed by atoms with van der Waals surface area (Å²) in [5, 5.41) is 5.32. The molecule has 94 valence electrons. The van der Waals surface area contributed by atoms with Gasteiger partial charge in [0.05, 0.1) is 6.54 Å². The highest BCUT2D eigenvalue weighted by atomic mass is 32.1. The maximum absolute atomic E-state index is 11.8. The lowest BCUT2D eigenvalue weighted by Crippen LogP contribution is -2.32. The number of hydrogen-bond acceptors (Lipinski definition) is 4. The van der Waals surface area contributed by atoms with Gasteiger partial charge in [-0.15, -0.1) is 11.3 Å². The fourth-order valence-electron chi connectivity index (χ4n) is 2.05. The van der Waals surface area contributed by atoms with Crippen LogP contribution in [-0.4, -0.2) is 49.4 Å². The van der Waals surface area contributed by atoms with E-state index in [1.807, 2.05) is 11.0 Å². The monoisotopic (exact) mass is 253 g/mol. The quantitative estimate of drug-likeness (QED) is 0.854. The molecule has 17 heavy (non-hydrogen) atoms. The molecule has 0 aromatic carbocycles. The Labute approximate surface area is 106 Å². The third kappa shape index (κ3) is 3.06. The Morgan fingerprint density at radius 2 is 2.41 bits per heavy atom. The molecule has 1 aromatic rings. The van der Waals surface area contributed by atoms with Crippen LogP contribution < -0.4 is 5.32 Å². The van der Waals surface area contributed by atoms with Gasteiger partial charge in [-0.3, -0.25) is 10.1 Å². The highest BCUT2D eigenvalue weighted by Gasteiger charge is 2.31. The zero-order chi connectivity index (χ0) is 12.3. The lowest BCUT2D eigenvalue weighted by molar-refractivity contribution is -0.128. The molecular weight excluding hydrogens is 234 g/mol. The van der Waals surface area contributed by atoms with Crippen LogP contribution in [0.3, 0.4) is 0 Å². The normalized spacial score (nSPS) is 20.5. The first-order valence-electron chi connectivity index (χ1n) is 5.89. The number of nitrogens with zero attached hydrogens (tertiary/aromatic N) is 2. The molecule has 1 N–H and O–H groups in total. The number of carbonyl (C=O) groups excluding carboxylic acids is 1. The second-order valence-electron chi connectivity index (χ2n) is 4.54. The lowest BCUT2D eigenvalue weighted by Gasteiger charge is -2.24. The van der Waals surface area contributed by atoms with E-state index in [2.05, 4.69) is 35.8 Å². The Kier molecular flexibility index (Phi) is 4.15. The van der Waals surface area contributed by atoms with Crippen LogP contribution in [0.5, 0.6) is 0 Å². The van der Waals surface area contributed by atoms with Crippen molar-refractivity contribution in [2.45, 2.75) is 12.6 Å². The Balaban J connectivity index is 1.95. The first-order chi connectivity index (χ1) is 8.18. The van der Waals surface area contributed by atoms with Gasteiger partial charge in [0.25, 0.3) is 0 Å². The SMILES string of the molecule is CN(C)CCCN1C(=O)CNC1c1cccs1. The second-order valence-corrected chi connectivity index (χ2v) is 5.52. The third-order valence-corrected chi connectivity index (χ3v) is 3.82. The molecule has 5 heteroatoms. The smallest absolute Gasteiger partial charge is 0.238 e. The molecule has 1 unspecified atom stereocenters. The van der Waals surface area contributed by atoms with Crippen LogP contribution in [0.15, 0.2) is 17.5 Å². The summed E-state index contributed by atoms with van der Waals surface area (Å²) >= 11 is 1.70. The van der Waals surface area contributed by atoms with Crippen molar-refractivity contribution in [2.75, 3.05) is 33.7 Å². The molecule has 1 aliphatic heterocycles. The minimum absolute atomic E-state index is 0.0877. The van der Waals surface area contributed by atoms with Crippen LogP contribution in [0.2, 0.25) is 0 Å². The molecule has 0 saturated carbocycles. The van der Waals surface area contributed by atoms with Crippen LogP contribution in [0.25, 0.3) is 0 Å². The fraction of sp³-hybridized carbons (Fsp3) is 0.583. The maximum atomic E-state index is 11.8. The number of carbonyl (C=O) groups is 1. The fourth-order valence-corrected chi connectivity index (χ4v) is 2.86. The van der Waals surface area contributed by atoms with Crippen molar-refractivity contribution in [1.82, 2.24) is 15.1 Å². The Morgan fingerprint density at radius 1 is 1.59 bits per heavy atom. The number of hydrogen-bond donors (Lipinski definition) is 1. The minimum Gasteiger partial charge on any atom is -0.321 e. The van der Waals surface area contributed by atoms with Gasteiger partial charge in [-0.2, -0.15) is 0 Å². The zero-order valence-electron chi connectivity index (χ0n) is 10.3. The van der Waals surface area contributed by atoms with E-state index < -0.39 is 0 Å². The number of amides is 1. The number of rotatable bonds is 5. The summed E-state index contributed by atoms with van der Waals surface area (Å²) in [6.07, 6.45) is 1.10. The van der Waals surface area contributed by atoms with Gasteiger partial charge in [0.15, 0.2) is 0 Å². The third-order valence-electron chi connectivity index (χ3n) is 2.90. The molecule has 1 saturated heterocycles. The average molecular weight is 253 g/mol. The average Bonchev–Trinajstić information content (AvgIpc) is 2.88. The summed E-state index contributed by atoms with van der Waals surface area (Å²) in [5.41, 5.74) is 0. The van der Waals surface area contributed by atoms with E-state index in [1.54, 1.807) is 11.3 Å². The van der Waals surface area contributed by atoms with Crippen LogP contribution in [0.1, 0.15) is 17.5 Å². The molecule has 0 bridgehead atoms. The molecular formula is C12H19N3OS. The molecule has 1 amide bonds. The van der Waals surface area contributed by atoms with Crippen molar-refractivity contribution in [3.8, 4) is 0 Å². The van der Waals surface area contributed by atoms with Gasteiger partial charge in [-0.25, -0.2) is 0 Å².